The van der Waals surface area contributed by atoms with Crippen LogP contribution in [0.15, 0.2) is 53.9 Å². The van der Waals surface area contributed by atoms with E-state index in [4.69, 9.17) is 9.47 Å². The van der Waals surface area contributed by atoms with E-state index in [-0.39, 0.29) is 28.8 Å². The number of ether oxygens (including phenoxy) is 2. The molecule has 0 radical (unpaired) electrons. The SMILES string of the molecule is CO/N=C/c1c(OC)ncnc1Oc1ccc(NC(=O)C2(C(=O)Nc3ccc(F)cc3)CC2)cc1F. The molecule has 2 N–H and O–H groups in total. The third-order valence-electron chi connectivity index (χ3n) is 5.41. The number of carbonyl (C=O) groups is 2. The number of methoxy groups -OCH3 is 1. The van der Waals surface area contributed by atoms with Crippen LogP contribution < -0.4 is 20.1 Å². The van der Waals surface area contributed by atoms with Gasteiger partial charge in [-0.3, -0.25) is 9.59 Å². The monoisotopic (exact) mass is 497 g/mol. The molecule has 12 heteroatoms. The van der Waals surface area contributed by atoms with E-state index in [1.807, 2.05) is 0 Å². The minimum atomic E-state index is -1.28. The molecule has 1 heterocycles. The van der Waals surface area contributed by atoms with Gasteiger partial charge in [0.1, 0.15) is 30.2 Å². The molecule has 1 aromatic heterocycles. The first-order valence-electron chi connectivity index (χ1n) is 10.7. The standard InChI is InChI=1S/C24H21F2N5O5/c1-34-20-17(12-29-35-2)21(28-13-27-20)36-19-8-7-16(11-18(19)26)31-23(33)24(9-10-24)22(32)30-15-5-3-14(25)4-6-15/h3-8,11-13H,9-10H2,1-2H3,(H,30,32)(H,31,33)/b29-12+. The molecule has 0 spiro atoms. The highest BCUT2D eigenvalue weighted by Gasteiger charge is 2.56. The Hall–Kier alpha value is -4.61. The molecule has 0 atom stereocenters. The Kier molecular flexibility index (Phi) is 7.04. The molecule has 1 saturated carbocycles. The molecule has 186 valence electrons. The highest BCUT2D eigenvalue weighted by Crippen LogP contribution is 2.47. The number of carbonyl (C=O) groups excluding carboxylic acids is 2. The second kappa shape index (κ2) is 10.3. The number of anilines is 2. The number of amides is 2. The van der Waals surface area contributed by atoms with Gasteiger partial charge in [0.25, 0.3) is 0 Å². The molecule has 0 aliphatic heterocycles. The number of rotatable bonds is 9. The van der Waals surface area contributed by atoms with E-state index in [2.05, 4.69) is 30.6 Å². The van der Waals surface area contributed by atoms with Gasteiger partial charge in [-0.15, -0.1) is 0 Å². The van der Waals surface area contributed by atoms with E-state index in [0.717, 1.165) is 6.07 Å². The summed E-state index contributed by atoms with van der Waals surface area (Å²) in [6.07, 6.45) is 3.09. The molecule has 3 aromatic rings. The maximum Gasteiger partial charge on any atom is 0.240 e. The average molecular weight is 497 g/mol. The van der Waals surface area contributed by atoms with Crippen LogP contribution in [0.1, 0.15) is 18.4 Å². The van der Waals surface area contributed by atoms with Crippen LogP contribution in [0.3, 0.4) is 0 Å². The van der Waals surface area contributed by atoms with E-state index in [1.54, 1.807) is 0 Å². The molecule has 0 saturated heterocycles. The molecular weight excluding hydrogens is 476 g/mol. The maximum atomic E-state index is 14.8. The van der Waals surface area contributed by atoms with Crippen LogP contribution in [0.4, 0.5) is 20.2 Å². The molecule has 1 fully saturated rings. The van der Waals surface area contributed by atoms with Crippen molar-refractivity contribution >= 4 is 29.4 Å². The van der Waals surface area contributed by atoms with Crippen molar-refractivity contribution in [1.29, 1.82) is 0 Å². The van der Waals surface area contributed by atoms with Gasteiger partial charge in [-0.2, -0.15) is 0 Å². The molecule has 36 heavy (non-hydrogen) atoms. The number of aromatic nitrogens is 2. The van der Waals surface area contributed by atoms with Crippen LogP contribution in [0.5, 0.6) is 17.5 Å². The highest BCUT2D eigenvalue weighted by molar-refractivity contribution is 6.16. The maximum absolute atomic E-state index is 14.8. The predicted molar refractivity (Wildman–Crippen MR) is 125 cm³/mol. The van der Waals surface area contributed by atoms with Crippen LogP contribution in [-0.4, -0.2) is 42.2 Å². The first-order valence-corrected chi connectivity index (χ1v) is 10.7. The molecule has 1 aliphatic rings. The summed E-state index contributed by atoms with van der Waals surface area (Å²) in [5.41, 5.74) is -0.564. The summed E-state index contributed by atoms with van der Waals surface area (Å²) in [5, 5.41) is 8.82. The van der Waals surface area contributed by atoms with Gasteiger partial charge in [0.15, 0.2) is 11.6 Å². The number of nitrogens with zero attached hydrogens (tertiary/aromatic N) is 3. The van der Waals surface area contributed by atoms with Gasteiger partial charge < -0.3 is 24.9 Å². The summed E-state index contributed by atoms with van der Waals surface area (Å²) in [4.78, 5) is 38.1. The molecule has 2 amide bonds. The summed E-state index contributed by atoms with van der Waals surface area (Å²) in [7, 11) is 2.74. The van der Waals surface area contributed by atoms with Crippen molar-refractivity contribution in [3.8, 4) is 17.5 Å². The van der Waals surface area contributed by atoms with Gasteiger partial charge in [-0.1, -0.05) is 5.16 Å². The summed E-state index contributed by atoms with van der Waals surface area (Å²) in [6.45, 7) is 0. The number of hydrogen-bond acceptors (Lipinski definition) is 8. The van der Waals surface area contributed by atoms with Crippen LogP contribution in [-0.2, 0) is 14.4 Å². The molecule has 0 unspecified atom stereocenters. The van der Waals surface area contributed by atoms with Gasteiger partial charge in [-0.25, -0.2) is 18.7 Å². The second-order valence-electron chi connectivity index (χ2n) is 7.76. The lowest BCUT2D eigenvalue weighted by Crippen LogP contribution is -2.35. The Bertz CT molecular complexity index is 1310. The zero-order valence-corrected chi connectivity index (χ0v) is 19.2. The van der Waals surface area contributed by atoms with E-state index < -0.39 is 28.9 Å². The lowest BCUT2D eigenvalue weighted by atomic mass is 10.0. The van der Waals surface area contributed by atoms with Crippen LogP contribution in [0, 0.1) is 17.0 Å². The van der Waals surface area contributed by atoms with Crippen molar-refractivity contribution in [2.45, 2.75) is 12.8 Å². The minimum absolute atomic E-state index is 0.0345. The molecule has 4 rings (SSSR count). The van der Waals surface area contributed by atoms with E-state index in [1.165, 1.54) is 63.2 Å². The summed E-state index contributed by atoms with van der Waals surface area (Å²) >= 11 is 0. The number of hydrogen-bond donors (Lipinski definition) is 2. The van der Waals surface area contributed by atoms with E-state index in [9.17, 15) is 18.4 Å². The van der Waals surface area contributed by atoms with Crippen molar-refractivity contribution in [2.24, 2.45) is 10.6 Å². The fraction of sp³-hybridized carbons (Fsp3) is 0.208. The fourth-order valence-corrected chi connectivity index (χ4v) is 3.31. The van der Waals surface area contributed by atoms with Crippen molar-refractivity contribution in [2.75, 3.05) is 24.9 Å². The third-order valence-corrected chi connectivity index (χ3v) is 5.41. The van der Waals surface area contributed by atoms with Gasteiger partial charge in [0, 0.05) is 17.4 Å². The minimum Gasteiger partial charge on any atom is -0.480 e. The van der Waals surface area contributed by atoms with Gasteiger partial charge >= 0.3 is 0 Å². The van der Waals surface area contributed by atoms with Gasteiger partial charge in [0.05, 0.1) is 13.3 Å². The summed E-state index contributed by atoms with van der Waals surface area (Å²) < 4.78 is 38.6. The predicted octanol–water partition coefficient (Wildman–Crippen LogP) is 3.89. The first kappa shape index (κ1) is 24.5. The smallest absolute Gasteiger partial charge is 0.240 e. The van der Waals surface area contributed by atoms with Crippen molar-refractivity contribution in [1.82, 2.24) is 9.97 Å². The topological polar surface area (TPSA) is 124 Å². The molecule has 10 nitrogen and oxygen atoms in total. The Morgan fingerprint density at radius 3 is 2.22 bits per heavy atom. The normalized spacial score (nSPS) is 13.7. The quantitative estimate of drug-likeness (QED) is 0.261. The molecule has 2 aromatic carbocycles. The Morgan fingerprint density at radius 1 is 0.972 bits per heavy atom. The lowest BCUT2D eigenvalue weighted by molar-refractivity contribution is -0.131. The lowest BCUT2D eigenvalue weighted by Gasteiger charge is -2.16. The van der Waals surface area contributed by atoms with E-state index >= 15 is 0 Å². The first-order chi connectivity index (χ1) is 17.4. The number of halogens is 2. The Balaban J connectivity index is 1.46. The molecule has 0 bridgehead atoms. The summed E-state index contributed by atoms with van der Waals surface area (Å²) in [5.74, 6) is -2.41. The van der Waals surface area contributed by atoms with Crippen LogP contribution in [0.25, 0.3) is 0 Å². The van der Waals surface area contributed by atoms with Gasteiger partial charge in [-0.05, 0) is 49.2 Å². The second-order valence-corrected chi connectivity index (χ2v) is 7.76. The van der Waals surface area contributed by atoms with Crippen molar-refractivity contribution < 1.29 is 32.7 Å². The average Bonchev–Trinajstić information content (AvgIpc) is 3.68. The largest absolute Gasteiger partial charge is 0.480 e. The highest BCUT2D eigenvalue weighted by atomic mass is 19.1. The van der Waals surface area contributed by atoms with Crippen molar-refractivity contribution in [3.63, 3.8) is 0 Å². The third kappa shape index (κ3) is 5.22. The molecular formula is C24H21F2N5O5. The number of benzene rings is 2. The zero-order valence-electron chi connectivity index (χ0n) is 19.2. The van der Waals surface area contributed by atoms with Crippen LogP contribution >= 0.6 is 0 Å². The Morgan fingerprint density at radius 2 is 1.61 bits per heavy atom. The Labute approximate surface area is 204 Å². The van der Waals surface area contributed by atoms with Crippen molar-refractivity contribution in [3.05, 3.63) is 66.0 Å². The van der Waals surface area contributed by atoms with Crippen LogP contribution in [0.2, 0.25) is 0 Å². The van der Waals surface area contributed by atoms with E-state index in [0.29, 0.717) is 18.5 Å². The van der Waals surface area contributed by atoms with Gasteiger partial charge in [0.2, 0.25) is 23.6 Å². The zero-order chi connectivity index (χ0) is 25.7. The fourth-order valence-electron chi connectivity index (χ4n) is 3.31. The number of oxime groups is 1. The summed E-state index contributed by atoms with van der Waals surface area (Å²) in [6, 6.07) is 8.98. The number of nitrogens with one attached hydrogen (secondary N) is 2. The molecule has 1 aliphatic carbocycles.